The van der Waals surface area contributed by atoms with Gasteiger partial charge in [0.2, 0.25) is 5.91 Å². The van der Waals surface area contributed by atoms with Crippen LogP contribution in [-0.4, -0.2) is 29.9 Å². The standard InChI is InChI=1S/C16H21N3OS/c1-4-12-5-7-13(8-6-12)17-15(20)9-14-11-21-16(18-14)10-19(2)3/h5-8,11H,4,9-10H2,1-3H3,(H,17,20). The van der Waals surface area contributed by atoms with Crippen LogP contribution in [-0.2, 0) is 24.2 Å². The molecule has 1 heterocycles. The predicted octanol–water partition coefficient (Wildman–Crippen LogP) is 2.95. The second kappa shape index (κ2) is 7.33. The number of anilines is 1. The van der Waals surface area contributed by atoms with Crippen LogP contribution in [0.1, 0.15) is 23.2 Å². The molecule has 1 aromatic heterocycles. The van der Waals surface area contributed by atoms with Gasteiger partial charge in [0.05, 0.1) is 12.1 Å². The van der Waals surface area contributed by atoms with Crippen LogP contribution >= 0.6 is 11.3 Å². The first-order valence-electron chi connectivity index (χ1n) is 7.03. The Hall–Kier alpha value is -1.72. The molecule has 0 atom stereocenters. The average Bonchev–Trinajstić information content (AvgIpc) is 2.85. The number of thiazole rings is 1. The molecule has 0 saturated heterocycles. The largest absolute Gasteiger partial charge is 0.326 e. The Morgan fingerprint density at radius 1 is 1.29 bits per heavy atom. The van der Waals surface area contributed by atoms with Gasteiger partial charge in [0.25, 0.3) is 0 Å². The number of carbonyl (C=O) groups is 1. The number of hydrogen-bond acceptors (Lipinski definition) is 4. The summed E-state index contributed by atoms with van der Waals surface area (Å²) in [4.78, 5) is 18.6. The molecule has 0 aliphatic heterocycles. The summed E-state index contributed by atoms with van der Waals surface area (Å²) in [5.74, 6) is -0.0269. The molecule has 1 N–H and O–H groups in total. The molecule has 0 fully saturated rings. The number of aromatic nitrogens is 1. The fraction of sp³-hybridized carbons (Fsp3) is 0.375. The number of benzene rings is 1. The predicted molar refractivity (Wildman–Crippen MR) is 87.7 cm³/mol. The number of carbonyl (C=O) groups excluding carboxylic acids is 1. The van der Waals surface area contributed by atoms with Gasteiger partial charge in [0.15, 0.2) is 0 Å². The molecule has 0 spiro atoms. The summed E-state index contributed by atoms with van der Waals surface area (Å²) in [6.07, 6.45) is 1.32. The first kappa shape index (κ1) is 15.7. The van der Waals surface area contributed by atoms with Crippen molar-refractivity contribution in [2.24, 2.45) is 0 Å². The van der Waals surface area contributed by atoms with E-state index in [4.69, 9.17) is 0 Å². The van der Waals surface area contributed by atoms with Crippen molar-refractivity contribution in [1.82, 2.24) is 9.88 Å². The van der Waals surface area contributed by atoms with Gasteiger partial charge in [-0.05, 0) is 38.2 Å². The molecule has 0 aliphatic rings. The van der Waals surface area contributed by atoms with Gasteiger partial charge in [0, 0.05) is 17.6 Å². The van der Waals surface area contributed by atoms with Crippen LogP contribution in [0.5, 0.6) is 0 Å². The summed E-state index contributed by atoms with van der Waals surface area (Å²) in [7, 11) is 4.02. The van der Waals surface area contributed by atoms with Crippen molar-refractivity contribution in [2.75, 3.05) is 19.4 Å². The maximum atomic E-state index is 12.0. The fourth-order valence-corrected chi connectivity index (χ4v) is 2.88. The Morgan fingerprint density at radius 3 is 2.62 bits per heavy atom. The Morgan fingerprint density at radius 2 is 2.00 bits per heavy atom. The van der Waals surface area contributed by atoms with Crippen molar-refractivity contribution in [3.05, 3.63) is 45.9 Å². The lowest BCUT2D eigenvalue weighted by Crippen LogP contribution is -2.15. The summed E-state index contributed by atoms with van der Waals surface area (Å²) in [6.45, 7) is 2.92. The molecule has 4 nitrogen and oxygen atoms in total. The summed E-state index contributed by atoms with van der Waals surface area (Å²) in [5.41, 5.74) is 2.93. The van der Waals surface area contributed by atoms with E-state index in [1.807, 2.05) is 43.7 Å². The van der Waals surface area contributed by atoms with E-state index in [9.17, 15) is 4.79 Å². The number of nitrogens with one attached hydrogen (secondary N) is 1. The summed E-state index contributed by atoms with van der Waals surface area (Å²) >= 11 is 1.60. The van der Waals surface area contributed by atoms with Crippen LogP contribution in [0.3, 0.4) is 0 Å². The normalized spacial score (nSPS) is 10.9. The van der Waals surface area contributed by atoms with Crippen LogP contribution in [0.4, 0.5) is 5.69 Å². The van der Waals surface area contributed by atoms with E-state index in [1.54, 1.807) is 11.3 Å². The van der Waals surface area contributed by atoms with Gasteiger partial charge in [-0.3, -0.25) is 4.79 Å². The summed E-state index contributed by atoms with van der Waals surface area (Å²) in [6, 6.07) is 7.95. The zero-order valence-electron chi connectivity index (χ0n) is 12.7. The highest BCUT2D eigenvalue weighted by molar-refractivity contribution is 7.09. The Labute approximate surface area is 129 Å². The van der Waals surface area contributed by atoms with E-state index in [0.29, 0.717) is 6.42 Å². The molecule has 112 valence electrons. The van der Waals surface area contributed by atoms with E-state index >= 15 is 0 Å². The fourth-order valence-electron chi connectivity index (χ4n) is 1.97. The van der Waals surface area contributed by atoms with E-state index in [2.05, 4.69) is 22.1 Å². The molecule has 21 heavy (non-hydrogen) atoms. The van der Waals surface area contributed by atoms with Crippen LogP contribution < -0.4 is 5.32 Å². The number of rotatable bonds is 6. The van der Waals surface area contributed by atoms with Crippen molar-refractivity contribution < 1.29 is 4.79 Å². The molecule has 2 aromatic rings. The van der Waals surface area contributed by atoms with Crippen molar-refractivity contribution >= 4 is 22.9 Å². The van der Waals surface area contributed by atoms with Gasteiger partial charge in [0.1, 0.15) is 5.01 Å². The molecule has 0 saturated carbocycles. The first-order chi connectivity index (χ1) is 10.1. The van der Waals surface area contributed by atoms with Crippen LogP contribution in [0.2, 0.25) is 0 Å². The van der Waals surface area contributed by atoms with Gasteiger partial charge < -0.3 is 10.2 Å². The highest BCUT2D eigenvalue weighted by Crippen LogP contribution is 2.14. The minimum atomic E-state index is -0.0269. The van der Waals surface area contributed by atoms with Gasteiger partial charge >= 0.3 is 0 Å². The molecule has 1 aromatic carbocycles. The van der Waals surface area contributed by atoms with Crippen LogP contribution in [0.15, 0.2) is 29.6 Å². The van der Waals surface area contributed by atoms with Crippen LogP contribution in [0.25, 0.3) is 0 Å². The number of nitrogens with zero attached hydrogens (tertiary/aromatic N) is 2. The molecule has 0 aliphatic carbocycles. The third-order valence-corrected chi connectivity index (χ3v) is 3.92. The van der Waals surface area contributed by atoms with Gasteiger partial charge in [-0.25, -0.2) is 4.98 Å². The minimum absolute atomic E-state index is 0.0269. The lowest BCUT2D eigenvalue weighted by Gasteiger charge is -2.06. The zero-order valence-corrected chi connectivity index (χ0v) is 13.5. The lowest BCUT2D eigenvalue weighted by molar-refractivity contribution is -0.115. The molecule has 2 rings (SSSR count). The molecular weight excluding hydrogens is 282 g/mol. The molecular formula is C16H21N3OS. The molecule has 5 heteroatoms. The van der Waals surface area contributed by atoms with Gasteiger partial charge in [-0.1, -0.05) is 19.1 Å². The van der Waals surface area contributed by atoms with Crippen molar-refractivity contribution in [3.63, 3.8) is 0 Å². The monoisotopic (exact) mass is 303 g/mol. The van der Waals surface area contributed by atoms with E-state index < -0.39 is 0 Å². The maximum absolute atomic E-state index is 12.0. The van der Waals surface area contributed by atoms with Crippen molar-refractivity contribution in [3.8, 4) is 0 Å². The quantitative estimate of drug-likeness (QED) is 0.892. The average molecular weight is 303 g/mol. The van der Waals surface area contributed by atoms with Crippen molar-refractivity contribution in [1.29, 1.82) is 0 Å². The van der Waals surface area contributed by atoms with Crippen molar-refractivity contribution in [2.45, 2.75) is 26.3 Å². The second-order valence-electron chi connectivity index (χ2n) is 5.25. The molecule has 1 amide bonds. The smallest absolute Gasteiger partial charge is 0.230 e. The summed E-state index contributed by atoms with van der Waals surface area (Å²) in [5, 5.41) is 5.90. The van der Waals surface area contributed by atoms with Gasteiger partial charge in [-0.15, -0.1) is 11.3 Å². The lowest BCUT2D eigenvalue weighted by atomic mass is 10.1. The Balaban J connectivity index is 1.90. The Kier molecular flexibility index (Phi) is 5.47. The number of aryl methyl sites for hydroxylation is 1. The highest BCUT2D eigenvalue weighted by Gasteiger charge is 2.08. The topological polar surface area (TPSA) is 45.2 Å². The van der Waals surface area contributed by atoms with E-state index in [0.717, 1.165) is 29.4 Å². The number of amides is 1. The maximum Gasteiger partial charge on any atom is 0.230 e. The third-order valence-electron chi connectivity index (χ3n) is 3.04. The highest BCUT2D eigenvalue weighted by atomic mass is 32.1. The van der Waals surface area contributed by atoms with Gasteiger partial charge in [-0.2, -0.15) is 0 Å². The minimum Gasteiger partial charge on any atom is -0.326 e. The Bertz CT molecular complexity index is 590. The van der Waals surface area contributed by atoms with E-state index in [-0.39, 0.29) is 5.91 Å². The van der Waals surface area contributed by atoms with Crippen LogP contribution in [0, 0.1) is 0 Å². The molecule has 0 unspecified atom stereocenters. The second-order valence-corrected chi connectivity index (χ2v) is 6.19. The molecule has 0 radical (unpaired) electrons. The van der Waals surface area contributed by atoms with E-state index in [1.165, 1.54) is 5.56 Å². The first-order valence-corrected chi connectivity index (χ1v) is 7.91. The third kappa shape index (κ3) is 4.95. The zero-order chi connectivity index (χ0) is 15.2. The SMILES string of the molecule is CCc1ccc(NC(=O)Cc2csc(CN(C)C)n2)cc1. The summed E-state index contributed by atoms with van der Waals surface area (Å²) < 4.78 is 0. The molecule has 0 bridgehead atoms. The number of hydrogen-bond donors (Lipinski definition) is 1.